The summed E-state index contributed by atoms with van der Waals surface area (Å²) in [6.07, 6.45) is 4.22. The molecule has 6 heteroatoms. The molecule has 1 heterocycles. The number of nitrogens with one attached hydrogen (secondary N) is 1. The van der Waals surface area contributed by atoms with Gasteiger partial charge in [0.1, 0.15) is 0 Å². The number of rotatable bonds is 5. The number of benzene rings is 1. The van der Waals surface area contributed by atoms with Crippen molar-refractivity contribution < 1.29 is 4.74 Å². The molecule has 0 bridgehead atoms. The van der Waals surface area contributed by atoms with E-state index in [1.54, 1.807) is 7.05 Å². The minimum Gasteiger partial charge on any atom is -0.377 e. The molecule has 1 aliphatic heterocycles. The van der Waals surface area contributed by atoms with Gasteiger partial charge in [0.2, 0.25) is 0 Å². The van der Waals surface area contributed by atoms with Gasteiger partial charge in [0.05, 0.1) is 23.3 Å². The lowest BCUT2D eigenvalue weighted by Crippen LogP contribution is -2.39. The zero-order valence-corrected chi connectivity index (χ0v) is 15.1. The molecule has 0 unspecified atom stereocenters. The van der Waals surface area contributed by atoms with Crippen molar-refractivity contribution in [3.05, 3.63) is 45.5 Å². The summed E-state index contributed by atoms with van der Waals surface area (Å²) in [6, 6.07) is 5.69. The van der Waals surface area contributed by atoms with Gasteiger partial charge in [-0.25, -0.2) is 0 Å². The van der Waals surface area contributed by atoms with Gasteiger partial charge in [0.15, 0.2) is 5.96 Å². The maximum absolute atomic E-state index is 6.07. The maximum atomic E-state index is 6.07. The van der Waals surface area contributed by atoms with Crippen LogP contribution in [0.15, 0.2) is 34.8 Å². The summed E-state index contributed by atoms with van der Waals surface area (Å²) in [5.41, 5.74) is 2.54. The number of guanidine groups is 1. The normalized spacial score (nSPS) is 15.3. The number of ether oxygens (including phenoxy) is 1. The minimum absolute atomic E-state index is 0.574. The van der Waals surface area contributed by atoms with Crippen LogP contribution >= 0.6 is 23.2 Å². The van der Waals surface area contributed by atoms with Crippen LogP contribution in [0.25, 0.3) is 0 Å². The van der Waals surface area contributed by atoms with Crippen molar-refractivity contribution in [2.24, 2.45) is 4.99 Å². The van der Waals surface area contributed by atoms with Crippen LogP contribution in [0.5, 0.6) is 0 Å². The van der Waals surface area contributed by atoms with Gasteiger partial charge in [-0.05, 0) is 30.5 Å². The molecule has 0 fully saturated rings. The van der Waals surface area contributed by atoms with E-state index in [0.29, 0.717) is 16.6 Å². The fraction of sp³-hybridized carbons (Fsp3) is 0.471. The highest BCUT2D eigenvalue weighted by Crippen LogP contribution is 2.23. The highest BCUT2D eigenvalue weighted by molar-refractivity contribution is 6.42. The summed E-state index contributed by atoms with van der Waals surface area (Å²) in [6.45, 7) is 3.15. The number of aliphatic imine (C=N–C) groups is 1. The van der Waals surface area contributed by atoms with E-state index in [-0.39, 0.29) is 0 Å². The van der Waals surface area contributed by atoms with Crippen molar-refractivity contribution in [1.82, 2.24) is 10.2 Å². The first-order chi connectivity index (χ1) is 11.1. The van der Waals surface area contributed by atoms with Crippen molar-refractivity contribution >= 4 is 29.2 Å². The molecule has 0 amide bonds. The van der Waals surface area contributed by atoms with Crippen LogP contribution in [0.4, 0.5) is 0 Å². The molecule has 0 saturated heterocycles. The SMILES string of the molecule is CN=C(NCCC1=CCOCC1)N(C)Cc1ccc(Cl)c(Cl)c1. The van der Waals surface area contributed by atoms with E-state index >= 15 is 0 Å². The molecular weight excluding hydrogens is 333 g/mol. The molecule has 0 aromatic heterocycles. The highest BCUT2D eigenvalue weighted by Gasteiger charge is 2.09. The van der Waals surface area contributed by atoms with E-state index in [4.69, 9.17) is 27.9 Å². The van der Waals surface area contributed by atoms with Crippen molar-refractivity contribution in [3.63, 3.8) is 0 Å². The number of hydrogen-bond donors (Lipinski definition) is 1. The quantitative estimate of drug-likeness (QED) is 0.496. The van der Waals surface area contributed by atoms with E-state index in [0.717, 1.165) is 44.1 Å². The lowest BCUT2D eigenvalue weighted by Gasteiger charge is -2.23. The Labute approximate surface area is 148 Å². The molecule has 0 radical (unpaired) electrons. The summed E-state index contributed by atoms with van der Waals surface area (Å²) >= 11 is 12.0. The second-order valence-electron chi connectivity index (χ2n) is 5.52. The molecule has 1 aliphatic rings. The molecule has 2 rings (SSSR count). The lowest BCUT2D eigenvalue weighted by atomic mass is 10.1. The predicted molar refractivity (Wildman–Crippen MR) is 97.4 cm³/mol. The fourth-order valence-electron chi connectivity index (χ4n) is 2.50. The molecule has 0 aliphatic carbocycles. The van der Waals surface area contributed by atoms with Gasteiger partial charge in [0, 0.05) is 27.2 Å². The van der Waals surface area contributed by atoms with Crippen molar-refractivity contribution in [1.29, 1.82) is 0 Å². The standard InChI is InChI=1S/C17H23Cl2N3O/c1-20-17(21-8-5-13-6-9-23-10-7-13)22(2)12-14-3-4-15(18)16(19)11-14/h3-4,6,11H,5,7-10,12H2,1-2H3,(H,20,21). The Hall–Kier alpha value is -1.23. The Morgan fingerprint density at radius 2 is 2.17 bits per heavy atom. The van der Waals surface area contributed by atoms with Gasteiger partial charge in [-0.1, -0.05) is 40.9 Å². The fourth-order valence-corrected chi connectivity index (χ4v) is 2.82. The Balaban J connectivity index is 1.84. The Morgan fingerprint density at radius 1 is 1.35 bits per heavy atom. The van der Waals surface area contributed by atoms with Crippen LogP contribution in [0, 0.1) is 0 Å². The van der Waals surface area contributed by atoms with Gasteiger partial charge >= 0.3 is 0 Å². The largest absolute Gasteiger partial charge is 0.377 e. The minimum atomic E-state index is 0.574. The van der Waals surface area contributed by atoms with Crippen molar-refractivity contribution in [3.8, 4) is 0 Å². The number of hydrogen-bond acceptors (Lipinski definition) is 2. The maximum Gasteiger partial charge on any atom is 0.193 e. The summed E-state index contributed by atoms with van der Waals surface area (Å²) in [7, 11) is 3.80. The average Bonchev–Trinajstić information content (AvgIpc) is 2.56. The zero-order chi connectivity index (χ0) is 16.7. The first-order valence-electron chi connectivity index (χ1n) is 7.71. The molecule has 4 nitrogen and oxygen atoms in total. The lowest BCUT2D eigenvalue weighted by molar-refractivity contribution is 0.153. The van der Waals surface area contributed by atoms with Gasteiger partial charge < -0.3 is 15.0 Å². The molecule has 0 spiro atoms. The molecular formula is C17H23Cl2N3O. The molecule has 1 aromatic carbocycles. The first kappa shape index (κ1) is 18.1. The second-order valence-corrected chi connectivity index (χ2v) is 6.33. The van der Waals surface area contributed by atoms with Crippen LogP contribution in [0.1, 0.15) is 18.4 Å². The van der Waals surface area contributed by atoms with E-state index < -0.39 is 0 Å². The average molecular weight is 356 g/mol. The summed E-state index contributed by atoms with van der Waals surface area (Å²) in [4.78, 5) is 6.40. The van der Waals surface area contributed by atoms with E-state index in [1.807, 2.05) is 25.2 Å². The molecule has 23 heavy (non-hydrogen) atoms. The van der Waals surface area contributed by atoms with Crippen LogP contribution < -0.4 is 5.32 Å². The smallest absolute Gasteiger partial charge is 0.193 e. The summed E-state index contributed by atoms with van der Waals surface area (Å²) < 4.78 is 5.32. The zero-order valence-electron chi connectivity index (χ0n) is 13.6. The van der Waals surface area contributed by atoms with E-state index in [1.165, 1.54) is 5.57 Å². The Morgan fingerprint density at radius 3 is 2.83 bits per heavy atom. The third-order valence-corrected chi connectivity index (χ3v) is 4.50. The van der Waals surface area contributed by atoms with Crippen LogP contribution in [0.2, 0.25) is 10.0 Å². The monoisotopic (exact) mass is 355 g/mol. The third-order valence-electron chi connectivity index (χ3n) is 3.76. The summed E-state index contributed by atoms with van der Waals surface area (Å²) in [5.74, 6) is 0.865. The van der Waals surface area contributed by atoms with Gasteiger partial charge in [-0.15, -0.1) is 0 Å². The van der Waals surface area contributed by atoms with Crippen LogP contribution in [0.3, 0.4) is 0 Å². The number of halogens is 2. The topological polar surface area (TPSA) is 36.9 Å². The van der Waals surface area contributed by atoms with E-state index in [9.17, 15) is 0 Å². The molecule has 1 N–H and O–H groups in total. The predicted octanol–water partition coefficient (Wildman–Crippen LogP) is 3.74. The highest BCUT2D eigenvalue weighted by atomic mass is 35.5. The van der Waals surface area contributed by atoms with Crippen molar-refractivity contribution in [2.75, 3.05) is 33.9 Å². The third kappa shape index (κ3) is 5.72. The van der Waals surface area contributed by atoms with Crippen LogP contribution in [-0.2, 0) is 11.3 Å². The number of nitrogens with zero attached hydrogens (tertiary/aromatic N) is 2. The van der Waals surface area contributed by atoms with E-state index in [2.05, 4.69) is 21.3 Å². The first-order valence-corrected chi connectivity index (χ1v) is 8.47. The summed E-state index contributed by atoms with van der Waals surface area (Å²) in [5, 5.41) is 4.55. The van der Waals surface area contributed by atoms with Crippen LogP contribution in [-0.4, -0.2) is 44.7 Å². The van der Waals surface area contributed by atoms with Gasteiger partial charge in [-0.2, -0.15) is 0 Å². The molecule has 0 atom stereocenters. The van der Waals surface area contributed by atoms with Crippen molar-refractivity contribution in [2.45, 2.75) is 19.4 Å². The van der Waals surface area contributed by atoms with Gasteiger partial charge in [-0.3, -0.25) is 4.99 Å². The molecule has 126 valence electrons. The Kier molecular flexibility index (Phi) is 7.21. The Bertz CT molecular complexity index is 587. The molecule has 1 aromatic rings. The van der Waals surface area contributed by atoms with Gasteiger partial charge in [0.25, 0.3) is 0 Å². The molecule has 0 saturated carbocycles. The second kappa shape index (κ2) is 9.16.